The van der Waals surface area contributed by atoms with Gasteiger partial charge in [0.25, 0.3) is 0 Å². The zero-order chi connectivity index (χ0) is 21.6. The van der Waals surface area contributed by atoms with Crippen LogP contribution in [0, 0.1) is 0 Å². The molecule has 6 heteroatoms. The molecule has 1 heterocycles. The largest absolute Gasteiger partial charge is 0.381 e. The summed E-state index contributed by atoms with van der Waals surface area (Å²) in [6, 6.07) is 16.1. The van der Waals surface area contributed by atoms with Crippen LogP contribution in [0.1, 0.15) is 44.7 Å². The molecule has 0 bridgehead atoms. The Bertz CT molecular complexity index is 869. The van der Waals surface area contributed by atoms with Gasteiger partial charge in [0.1, 0.15) is 0 Å². The number of hydrogen-bond acceptors (Lipinski definition) is 4. The van der Waals surface area contributed by atoms with Gasteiger partial charge in [0.2, 0.25) is 5.91 Å². The summed E-state index contributed by atoms with van der Waals surface area (Å²) in [5.41, 5.74) is 3.15. The smallest absolute Gasteiger partial charge is 0.234 e. The van der Waals surface area contributed by atoms with Gasteiger partial charge in [0.05, 0.1) is 5.75 Å². The Morgan fingerprint density at radius 2 is 1.83 bits per heavy atom. The highest BCUT2D eigenvalue weighted by atomic mass is 32.2. The minimum Gasteiger partial charge on any atom is -0.381 e. The summed E-state index contributed by atoms with van der Waals surface area (Å²) < 4.78 is 18.0. The van der Waals surface area contributed by atoms with E-state index in [0.717, 1.165) is 29.0 Å². The Kier molecular flexibility index (Phi) is 8.14. The zero-order valence-electron chi connectivity index (χ0n) is 18.0. The molecular formula is C24H31NO3S2. The lowest BCUT2D eigenvalue weighted by Gasteiger charge is -2.21. The fourth-order valence-corrected chi connectivity index (χ4v) is 5.52. The zero-order valence-corrected chi connectivity index (χ0v) is 19.6. The molecule has 2 aromatic carbocycles. The van der Waals surface area contributed by atoms with Crippen LogP contribution >= 0.6 is 11.8 Å². The molecule has 0 saturated carbocycles. The van der Waals surface area contributed by atoms with E-state index in [-0.39, 0.29) is 16.6 Å². The number of carbonyl (C=O) groups excluding carboxylic acids is 1. The van der Waals surface area contributed by atoms with E-state index >= 15 is 0 Å². The number of carbonyl (C=O) groups is 1. The van der Waals surface area contributed by atoms with E-state index < -0.39 is 10.8 Å². The van der Waals surface area contributed by atoms with Gasteiger partial charge in [-0.25, -0.2) is 0 Å². The van der Waals surface area contributed by atoms with E-state index in [1.807, 2.05) is 24.3 Å². The Labute approximate surface area is 186 Å². The molecule has 0 spiro atoms. The maximum Gasteiger partial charge on any atom is 0.234 e. The number of nitrogens with one attached hydrogen (secondary N) is 1. The van der Waals surface area contributed by atoms with Crippen LogP contribution in [0.4, 0.5) is 5.69 Å². The van der Waals surface area contributed by atoms with Crippen molar-refractivity contribution < 1.29 is 13.7 Å². The maximum absolute atomic E-state index is 12.6. The summed E-state index contributed by atoms with van der Waals surface area (Å²) in [6.45, 7) is 7.97. The Hall–Kier alpha value is -1.63. The number of amides is 1. The number of ether oxygens (including phenoxy) is 1. The molecule has 1 N–H and O–H groups in total. The molecule has 2 aromatic rings. The maximum atomic E-state index is 12.6. The monoisotopic (exact) mass is 445 g/mol. The van der Waals surface area contributed by atoms with E-state index in [9.17, 15) is 9.00 Å². The van der Waals surface area contributed by atoms with Crippen LogP contribution in [0.25, 0.3) is 0 Å². The van der Waals surface area contributed by atoms with Crippen molar-refractivity contribution in [2.24, 2.45) is 0 Å². The number of benzene rings is 2. The first-order valence-corrected chi connectivity index (χ1v) is 12.7. The van der Waals surface area contributed by atoms with Gasteiger partial charge in [0, 0.05) is 45.6 Å². The van der Waals surface area contributed by atoms with Crippen molar-refractivity contribution in [3.8, 4) is 0 Å². The van der Waals surface area contributed by atoms with Crippen molar-refractivity contribution >= 4 is 34.2 Å². The van der Waals surface area contributed by atoms with E-state index in [4.69, 9.17) is 4.74 Å². The Balaban J connectivity index is 1.50. The van der Waals surface area contributed by atoms with Gasteiger partial charge in [-0.1, -0.05) is 45.0 Å². The summed E-state index contributed by atoms with van der Waals surface area (Å²) in [7, 11) is -0.912. The molecule has 1 saturated heterocycles. The predicted octanol–water partition coefficient (Wildman–Crippen LogP) is 5.14. The minimum atomic E-state index is -0.912. The molecular weight excluding hydrogens is 414 g/mol. The minimum absolute atomic E-state index is 0.0393. The van der Waals surface area contributed by atoms with Crippen LogP contribution < -0.4 is 5.32 Å². The van der Waals surface area contributed by atoms with Crippen molar-refractivity contribution in [3.05, 3.63) is 59.7 Å². The SMILES string of the molecule is CC(C)(C)c1ccc(SCC(=O)Nc2cccc(CS(=O)C3CCOCC3)c2)cc1. The van der Waals surface area contributed by atoms with Crippen LogP contribution in [0.2, 0.25) is 0 Å². The molecule has 0 aliphatic carbocycles. The fraction of sp³-hybridized carbons (Fsp3) is 0.458. The first kappa shape index (κ1) is 23.0. The highest BCUT2D eigenvalue weighted by Crippen LogP contribution is 2.26. The van der Waals surface area contributed by atoms with Crippen LogP contribution in [-0.2, 0) is 31.5 Å². The first-order chi connectivity index (χ1) is 14.3. The predicted molar refractivity (Wildman–Crippen MR) is 127 cm³/mol. The topological polar surface area (TPSA) is 55.4 Å². The normalized spacial score (nSPS) is 16.2. The molecule has 4 nitrogen and oxygen atoms in total. The lowest BCUT2D eigenvalue weighted by molar-refractivity contribution is -0.113. The molecule has 3 rings (SSSR count). The number of hydrogen-bond donors (Lipinski definition) is 1. The summed E-state index contributed by atoms with van der Waals surface area (Å²) in [5, 5.41) is 3.17. The molecule has 1 unspecified atom stereocenters. The molecule has 1 aliphatic rings. The van der Waals surface area contributed by atoms with Crippen molar-refractivity contribution in [1.29, 1.82) is 0 Å². The fourth-order valence-electron chi connectivity index (χ4n) is 3.36. The van der Waals surface area contributed by atoms with Gasteiger partial charge in [-0.3, -0.25) is 9.00 Å². The van der Waals surface area contributed by atoms with Gasteiger partial charge in [0.15, 0.2) is 0 Å². The molecule has 0 aromatic heterocycles. The van der Waals surface area contributed by atoms with E-state index in [1.165, 1.54) is 17.3 Å². The third-order valence-corrected chi connectivity index (χ3v) is 7.99. The summed E-state index contributed by atoms with van der Waals surface area (Å²) in [4.78, 5) is 13.5. The Morgan fingerprint density at radius 1 is 1.13 bits per heavy atom. The average molecular weight is 446 g/mol. The third kappa shape index (κ3) is 6.96. The molecule has 1 aliphatic heterocycles. The highest BCUT2D eigenvalue weighted by molar-refractivity contribution is 8.00. The number of anilines is 1. The van der Waals surface area contributed by atoms with E-state index in [0.29, 0.717) is 24.7 Å². The molecule has 0 radical (unpaired) electrons. The van der Waals surface area contributed by atoms with Gasteiger partial charge in [-0.15, -0.1) is 11.8 Å². The summed E-state index contributed by atoms with van der Waals surface area (Å²) >= 11 is 1.53. The van der Waals surface area contributed by atoms with Crippen molar-refractivity contribution in [2.75, 3.05) is 24.3 Å². The quantitative estimate of drug-likeness (QED) is 0.600. The number of thioether (sulfide) groups is 1. The van der Waals surface area contributed by atoms with Gasteiger partial charge < -0.3 is 10.1 Å². The van der Waals surface area contributed by atoms with Gasteiger partial charge >= 0.3 is 0 Å². The van der Waals surface area contributed by atoms with E-state index in [2.05, 4.69) is 50.4 Å². The lowest BCUT2D eigenvalue weighted by atomic mass is 9.87. The van der Waals surface area contributed by atoms with Crippen molar-refractivity contribution in [3.63, 3.8) is 0 Å². The van der Waals surface area contributed by atoms with Gasteiger partial charge in [-0.2, -0.15) is 0 Å². The first-order valence-electron chi connectivity index (χ1n) is 10.4. The van der Waals surface area contributed by atoms with Crippen LogP contribution in [0.3, 0.4) is 0 Å². The third-order valence-electron chi connectivity index (χ3n) is 5.15. The summed E-state index contributed by atoms with van der Waals surface area (Å²) in [5.74, 6) is 0.832. The molecule has 1 amide bonds. The van der Waals surface area contributed by atoms with Crippen LogP contribution in [0.15, 0.2) is 53.4 Å². The van der Waals surface area contributed by atoms with Crippen molar-refractivity contribution in [1.82, 2.24) is 0 Å². The standard InChI is InChI=1S/C24H31NO3S2/c1-24(2,3)19-7-9-21(10-8-19)29-16-23(26)25-20-6-4-5-18(15-20)17-30(27)22-11-13-28-14-12-22/h4-10,15,22H,11-14,16-17H2,1-3H3,(H,25,26). The van der Waals surface area contributed by atoms with Crippen molar-refractivity contribution in [2.45, 2.75) is 54.9 Å². The average Bonchev–Trinajstić information content (AvgIpc) is 2.73. The van der Waals surface area contributed by atoms with Crippen LogP contribution in [0.5, 0.6) is 0 Å². The highest BCUT2D eigenvalue weighted by Gasteiger charge is 2.20. The second-order valence-corrected chi connectivity index (χ2v) is 11.4. The van der Waals surface area contributed by atoms with E-state index in [1.54, 1.807) is 0 Å². The van der Waals surface area contributed by atoms with Crippen LogP contribution in [-0.4, -0.2) is 34.3 Å². The molecule has 1 atom stereocenters. The number of rotatable bonds is 7. The summed E-state index contributed by atoms with van der Waals surface area (Å²) in [6.07, 6.45) is 1.72. The second-order valence-electron chi connectivity index (χ2n) is 8.65. The molecule has 1 fully saturated rings. The lowest BCUT2D eigenvalue weighted by Crippen LogP contribution is -2.25. The second kappa shape index (κ2) is 10.6. The Morgan fingerprint density at radius 3 is 2.50 bits per heavy atom. The molecule has 162 valence electrons. The molecule has 30 heavy (non-hydrogen) atoms. The van der Waals surface area contributed by atoms with Gasteiger partial charge in [-0.05, 0) is 53.6 Å².